The smallest absolute Gasteiger partial charge is 0.260 e. The summed E-state index contributed by atoms with van der Waals surface area (Å²) in [5.74, 6) is 0.552. The maximum atomic E-state index is 11.4. The summed E-state index contributed by atoms with van der Waals surface area (Å²) in [6.07, 6.45) is 1.57. The van der Waals surface area contributed by atoms with Gasteiger partial charge in [-0.1, -0.05) is 0 Å². The molecule has 0 saturated carbocycles. The molecule has 0 radical (unpaired) electrons. The van der Waals surface area contributed by atoms with Crippen LogP contribution in [-0.4, -0.2) is 36.0 Å². The number of aromatic nitrogens is 1. The Labute approximate surface area is 97.4 Å². The molecular weight excluding hydrogens is 260 g/mol. The molecular formula is C10H13BrN2O2. The molecule has 0 saturated heterocycles. The summed E-state index contributed by atoms with van der Waals surface area (Å²) in [5, 5.41) is 0. The Bertz CT molecular complexity index is 327. The molecule has 0 aromatic carbocycles. The van der Waals surface area contributed by atoms with Gasteiger partial charge < -0.3 is 9.64 Å². The van der Waals surface area contributed by atoms with E-state index in [0.717, 1.165) is 4.60 Å². The molecule has 0 bridgehead atoms. The number of carbonyl (C=O) groups excluding carboxylic acids is 1. The van der Waals surface area contributed by atoms with Gasteiger partial charge in [-0.05, 0) is 35.0 Å². The number of nitrogens with zero attached hydrogens (tertiary/aromatic N) is 2. The zero-order chi connectivity index (χ0) is 11.3. The highest BCUT2D eigenvalue weighted by atomic mass is 79.9. The summed E-state index contributed by atoms with van der Waals surface area (Å²) in [6, 6.07) is 3.53. The van der Waals surface area contributed by atoms with Gasteiger partial charge in [0.1, 0.15) is 10.4 Å². The van der Waals surface area contributed by atoms with Gasteiger partial charge in [-0.2, -0.15) is 0 Å². The minimum absolute atomic E-state index is 0.0413. The van der Waals surface area contributed by atoms with Crippen LogP contribution in [-0.2, 0) is 4.79 Å². The summed E-state index contributed by atoms with van der Waals surface area (Å²) >= 11 is 3.22. The average Bonchev–Trinajstić information content (AvgIpc) is 2.26. The third-order valence-corrected chi connectivity index (χ3v) is 2.43. The molecule has 5 heteroatoms. The van der Waals surface area contributed by atoms with Crippen LogP contribution in [0.15, 0.2) is 22.9 Å². The van der Waals surface area contributed by atoms with E-state index in [1.807, 2.05) is 6.92 Å². The van der Waals surface area contributed by atoms with E-state index >= 15 is 0 Å². The molecule has 15 heavy (non-hydrogen) atoms. The van der Waals surface area contributed by atoms with E-state index in [9.17, 15) is 4.79 Å². The van der Waals surface area contributed by atoms with Gasteiger partial charge in [-0.3, -0.25) is 4.79 Å². The number of hydrogen-bond donors (Lipinski definition) is 0. The van der Waals surface area contributed by atoms with E-state index < -0.39 is 0 Å². The van der Waals surface area contributed by atoms with Crippen LogP contribution >= 0.6 is 15.9 Å². The van der Waals surface area contributed by atoms with Gasteiger partial charge in [0, 0.05) is 13.6 Å². The second-order valence-electron chi connectivity index (χ2n) is 3.01. The Kier molecular flexibility index (Phi) is 4.55. The maximum absolute atomic E-state index is 11.4. The van der Waals surface area contributed by atoms with Crippen LogP contribution in [0.5, 0.6) is 5.75 Å². The molecule has 0 unspecified atom stereocenters. The second-order valence-corrected chi connectivity index (χ2v) is 3.83. The molecule has 0 aliphatic carbocycles. The predicted octanol–water partition coefficient (Wildman–Crippen LogP) is 1.70. The monoisotopic (exact) mass is 272 g/mol. The number of amides is 1. The minimum atomic E-state index is -0.0413. The Morgan fingerprint density at radius 1 is 1.60 bits per heavy atom. The van der Waals surface area contributed by atoms with Gasteiger partial charge >= 0.3 is 0 Å². The fourth-order valence-electron chi connectivity index (χ4n) is 0.879. The van der Waals surface area contributed by atoms with E-state index in [2.05, 4.69) is 20.9 Å². The van der Waals surface area contributed by atoms with Crippen molar-refractivity contribution in [3.8, 4) is 5.75 Å². The Balaban J connectivity index is 2.43. The van der Waals surface area contributed by atoms with Crippen molar-refractivity contribution in [2.75, 3.05) is 20.2 Å². The number of ether oxygens (including phenoxy) is 1. The van der Waals surface area contributed by atoms with Crippen molar-refractivity contribution in [1.29, 1.82) is 0 Å². The van der Waals surface area contributed by atoms with E-state index in [1.54, 1.807) is 30.3 Å². The molecule has 1 aromatic heterocycles. The first-order valence-electron chi connectivity index (χ1n) is 4.61. The highest BCUT2D eigenvalue weighted by Crippen LogP contribution is 2.12. The first-order chi connectivity index (χ1) is 7.13. The molecule has 0 spiro atoms. The van der Waals surface area contributed by atoms with Gasteiger partial charge in [0.05, 0.1) is 6.20 Å². The topological polar surface area (TPSA) is 42.4 Å². The van der Waals surface area contributed by atoms with Crippen molar-refractivity contribution >= 4 is 21.8 Å². The number of hydrogen-bond acceptors (Lipinski definition) is 3. The average molecular weight is 273 g/mol. The zero-order valence-electron chi connectivity index (χ0n) is 8.74. The quantitative estimate of drug-likeness (QED) is 0.784. The van der Waals surface area contributed by atoms with E-state index in [-0.39, 0.29) is 12.5 Å². The van der Waals surface area contributed by atoms with Crippen molar-refractivity contribution in [3.05, 3.63) is 22.9 Å². The van der Waals surface area contributed by atoms with E-state index in [0.29, 0.717) is 12.3 Å². The molecule has 0 aliphatic rings. The van der Waals surface area contributed by atoms with Crippen LogP contribution < -0.4 is 4.74 Å². The van der Waals surface area contributed by atoms with Gasteiger partial charge in [-0.15, -0.1) is 0 Å². The minimum Gasteiger partial charge on any atom is -0.482 e. The molecule has 0 N–H and O–H groups in total. The normalized spacial score (nSPS) is 9.80. The Morgan fingerprint density at radius 3 is 2.87 bits per heavy atom. The fraction of sp³-hybridized carbons (Fsp3) is 0.400. The lowest BCUT2D eigenvalue weighted by molar-refractivity contribution is -0.131. The largest absolute Gasteiger partial charge is 0.482 e. The van der Waals surface area contributed by atoms with Gasteiger partial charge in [0.15, 0.2) is 6.61 Å². The fourth-order valence-corrected chi connectivity index (χ4v) is 1.11. The van der Waals surface area contributed by atoms with E-state index in [4.69, 9.17) is 4.74 Å². The molecule has 82 valence electrons. The summed E-state index contributed by atoms with van der Waals surface area (Å²) in [5.41, 5.74) is 0. The summed E-state index contributed by atoms with van der Waals surface area (Å²) in [4.78, 5) is 17.0. The summed E-state index contributed by atoms with van der Waals surface area (Å²) in [6.45, 7) is 2.65. The van der Waals surface area contributed by atoms with Crippen LogP contribution in [0.2, 0.25) is 0 Å². The molecule has 1 amide bonds. The van der Waals surface area contributed by atoms with Crippen molar-refractivity contribution in [3.63, 3.8) is 0 Å². The maximum Gasteiger partial charge on any atom is 0.260 e. The highest BCUT2D eigenvalue weighted by Gasteiger charge is 2.06. The first kappa shape index (κ1) is 12.0. The summed E-state index contributed by atoms with van der Waals surface area (Å²) < 4.78 is 6.01. The predicted molar refractivity (Wildman–Crippen MR) is 60.7 cm³/mol. The van der Waals surface area contributed by atoms with Crippen molar-refractivity contribution in [1.82, 2.24) is 9.88 Å². The number of carbonyl (C=O) groups is 1. The van der Waals surface area contributed by atoms with Crippen LogP contribution in [0.1, 0.15) is 6.92 Å². The molecule has 0 atom stereocenters. The lowest BCUT2D eigenvalue weighted by Gasteiger charge is -2.14. The highest BCUT2D eigenvalue weighted by molar-refractivity contribution is 9.10. The molecule has 0 fully saturated rings. The zero-order valence-corrected chi connectivity index (χ0v) is 10.3. The van der Waals surface area contributed by atoms with Gasteiger partial charge in [-0.25, -0.2) is 4.98 Å². The molecule has 1 aromatic rings. The standard InChI is InChI=1S/C10H13BrN2O2/c1-3-13(2)10(14)7-15-8-4-5-9(11)12-6-8/h4-6H,3,7H2,1-2H3. The van der Waals surface area contributed by atoms with Gasteiger partial charge in [0.25, 0.3) is 5.91 Å². The van der Waals surface area contributed by atoms with Crippen LogP contribution in [0.4, 0.5) is 0 Å². The third kappa shape index (κ3) is 3.87. The molecule has 4 nitrogen and oxygen atoms in total. The molecule has 1 rings (SSSR count). The third-order valence-electron chi connectivity index (χ3n) is 1.96. The number of likely N-dealkylation sites (N-methyl/N-ethyl adjacent to an activating group) is 1. The lowest BCUT2D eigenvalue weighted by Crippen LogP contribution is -2.31. The van der Waals surface area contributed by atoms with E-state index in [1.165, 1.54) is 0 Å². The van der Waals surface area contributed by atoms with Crippen LogP contribution in [0, 0.1) is 0 Å². The van der Waals surface area contributed by atoms with Crippen molar-refractivity contribution in [2.45, 2.75) is 6.92 Å². The number of rotatable bonds is 4. The van der Waals surface area contributed by atoms with Crippen molar-refractivity contribution < 1.29 is 9.53 Å². The van der Waals surface area contributed by atoms with Gasteiger partial charge in [0.2, 0.25) is 0 Å². The Hall–Kier alpha value is -1.10. The summed E-state index contributed by atoms with van der Waals surface area (Å²) in [7, 11) is 1.74. The first-order valence-corrected chi connectivity index (χ1v) is 5.41. The SMILES string of the molecule is CCN(C)C(=O)COc1ccc(Br)nc1. The Morgan fingerprint density at radius 2 is 2.33 bits per heavy atom. The van der Waals surface area contributed by atoms with Crippen molar-refractivity contribution in [2.24, 2.45) is 0 Å². The van der Waals surface area contributed by atoms with Crippen LogP contribution in [0.3, 0.4) is 0 Å². The molecule has 1 heterocycles. The second kappa shape index (κ2) is 5.70. The van der Waals surface area contributed by atoms with Crippen LogP contribution in [0.25, 0.3) is 0 Å². The lowest BCUT2D eigenvalue weighted by atomic mass is 10.4. The molecule has 0 aliphatic heterocycles. The number of halogens is 1. The number of pyridine rings is 1.